The number of benzene rings is 1. The van der Waals surface area contributed by atoms with Crippen LogP contribution in [0, 0.1) is 0 Å². The van der Waals surface area contributed by atoms with Gasteiger partial charge in [-0.15, -0.1) is 0 Å². The van der Waals surface area contributed by atoms with Gasteiger partial charge in [-0.05, 0) is 6.07 Å². The van der Waals surface area contributed by atoms with Gasteiger partial charge in [0.15, 0.2) is 0 Å². The lowest BCUT2D eigenvalue weighted by molar-refractivity contribution is -0.142. The molecule has 16 heavy (non-hydrogen) atoms. The van der Waals surface area contributed by atoms with Gasteiger partial charge in [-0.2, -0.15) is 0 Å². The molecule has 0 radical (unpaired) electrons. The number of esters is 1. The summed E-state index contributed by atoms with van der Waals surface area (Å²) >= 11 is 0. The van der Waals surface area contributed by atoms with Crippen LogP contribution in [0.3, 0.4) is 0 Å². The summed E-state index contributed by atoms with van der Waals surface area (Å²) in [5.74, 6) is -0.420. The van der Waals surface area contributed by atoms with Crippen LogP contribution >= 0.6 is 0 Å². The number of ether oxygens (including phenoxy) is 1. The lowest BCUT2D eigenvalue weighted by Crippen LogP contribution is -2.22. The van der Waals surface area contributed by atoms with E-state index in [4.69, 9.17) is 5.73 Å². The smallest absolute Gasteiger partial charge is 0.327 e. The standard InChI is InChI=1S/C12H14N2O2/c1-14-7-9(11(13)12(15)16-2)8-5-3-4-6-10(8)14/h3-7,11H,13H2,1-2H3/t11-/m1/s1. The van der Waals surface area contributed by atoms with Crippen molar-refractivity contribution in [3.05, 3.63) is 36.0 Å². The molecule has 0 amide bonds. The number of aromatic nitrogens is 1. The monoisotopic (exact) mass is 218 g/mol. The van der Waals surface area contributed by atoms with E-state index in [0.29, 0.717) is 0 Å². The number of nitrogens with zero attached hydrogens (tertiary/aromatic N) is 1. The molecule has 84 valence electrons. The number of rotatable bonds is 2. The van der Waals surface area contributed by atoms with E-state index >= 15 is 0 Å². The summed E-state index contributed by atoms with van der Waals surface area (Å²) in [6, 6.07) is 7.10. The topological polar surface area (TPSA) is 57.2 Å². The first kappa shape index (κ1) is 10.7. The van der Waals surface area contributed by atoms with Crippen molar-refractivity contribution < 1.29 is 9.53 Å². The minimum Gasteiger partial charge on any atom is -0.468 e. The second-order valence-electron chi connectivity index (χ2n) is 3.71. The van der Waals surface area contributed by atoms with E-state index < -0.39 is 12.0 Å². The van der Waals surface area contributed by atoms with Gasteiger partial charge in [0.25, 0.3) is 0 Å². The maximum absolute atomic E-state index is 11.4. The fraction of sp³-hybridized carbons (Fsp3) is 0.250. The second-order valence-corrected chi connectivity index (χ2v) is 3.71. The summed E-state index contributed by atoms with van der Waals surface area (Å²) in [4.78, 5) is 11.4. The van der Waals surface area contributed by atoms with Gasteiger partial charge < -0.3 is 15.0 Å². The van der Waals surface area contributed by atoms with Gasteiger partial charge in [0.2, 0.25) is 0 Å². The first-order valence-corrected chi connectivity index (χ1v) is 5.02. The molecule has 0 spiro atoms. The summed E-state index contributed by atoms with van der Waals surface area (Å²) in [6.45, 7) is 0. The molecule has 1 heterocycles. The minimum atomic E-state index is -0.726. The Bertz CT molecular complexity index is 531. The number of methoxy groups -OCH3 is 1. The van der Waals surface area contributed by atoms with Gasteiger partial charge in [0.1, 0.15) is 6.04 Å². The van der Waals surface area contributed by atoms with E-state index in [1.165, 1.54) is 7.11 Å². The zero-order chi connectivity index (χ0) is 11.7. The van der Waals surface area contributed by atoms with E-state index in [1.54, 1.807) is 0 Å². The third-order valence-electron chi connectivity index (χ3n) is 2.72. The van der Waals surface area contributed by atoms with E-state index in [2.05, 4.69) is 4.74 Å². The number of hydrogen-bond acceptors (Lipinski definition) is 3. The van der Waals surface area contributed by atoms with Crippen molar-refractivity contribution in [2.45, 2.75) is 6.04 Å². The van der Waals surface area contributed by atoms with Crippen LogP contribution in [0.5, 0.6) is 0 Å². The average Bonchev–Trinajstić information content (AvgIpc) is 2.65. The maximum Gasteiger partial charge on any atom is 0.327 e. The van der Waals surface area contributed by atoms with Crippen molar-refractivity contribution >= 4 is 16.9 Å². The lowest BCUT2D eigenvalue weighted by atomic mass is 10.1. The van der Waals surface area contributed by atoms with Gasteiger partial charge >= 0.3 is 5.97 Å². The highest BCUT2D eigenvalue weighted by atomic mass is 16.5. The van der Waals surface area contributed by atoms with Crippen LogP contribution < -0.4 is 5.73 Å². The fourth-order valence-electron chi connectivity index (χ4n) is 1.87. The molecule has 0 bridgehead atoms. The van der Waals surface area contributed by atoms with Gasteiger partial charge in [-0.25, -0.2) is 0 Å². The Labute approximate surface area is 93.6 Å². The minimum absolute atomic E-state index is 0.420. The molecule has 0 aliphatic rings. The molecule has 0 saturated heterocycles. The average molecular weight is 218 g/mol. The Morgan fingerprint density at radius 3 is 2.81 bits per heavy atom. The van der Waals surface area contributed by atoms with Crippen LogP contribution in [0.1, 0.15) is 11.6 Å². The Hall–Kier alpha value is -1.81. The van der Waals surface area contributed by atoms with E-state index in [0.717, 1.165) is 16.5 Å². The number of fused-ring (bicyclic) bond motifs is 1. The third kappa shape index (κ3) is 1.57. The molecule has 0 fully saturated rings. The number of carbonyl (C=O) groups is 1. The Morgan fingerprint density at radius 2 is 2.12 bits per heavy atom. The highest BCUT2D eigenvalue weighted by Gasteiger charge is 2.20. The van der Waals surface area contributed by atoms with Crippen LogP contribution in [0.25, 0.3) is 10.9 Å². The van der Waals surface area contributed by atoms with Crippen LogP contribution in [0.2, 0.25) is 0 Å². The summed E-state index contributed by atoms with van der Waals surface area (Å²) in [6.07, 6.45) is 1.87. The first-order valence-electron chi connectivity index (χ1n) is 5.02. The van der Waals surface area contributed by atoms with Crippen LogP contribution in [0.4, 0.5) is 0 Å². The highest BCUT2D eigenvalue weighted by Crippen LogP contribution is 2.25. The second kappa shape index (κ2) is 3.98. The molecule has 4 nitrogen and oxygen atoms in total. The predicted octanol–water partition coefficient (Wildman–Crippen LogP) is 1.35. The van der Waals surface area contributed by atoms with Crippen LogP contribution in [-0.4, -0.2) is 17.6 Å². The molecular weight excluding hydrogens is 204 g/mol. The normalized spacial score (nSPS) is 12.7. The number of aryl methyl sites for hydroxylation is 1. The summed E-state index contributed by atoms with van der Waals surface area (Å²) in [5.41, 5.74) is 7.69. The van der Waals surface area contributed by atoms with E-state index in [-0.39, 0.29) is 0 Å². The highest BCUT2D eigenvalue weighted by molar-refractivity contribution is 5.89. The Kier molecular flexibility index (Phi) is 2.66. The van der Waals surface area contributed by atoms with Gasteiger partial charge in [-0.1, -0.05) is 18.2 Å². The van der Waals surface area contributed by atoms with Crippen molar-refractivity contribution in [2.75, 3.05) is 7.11 Å². The molecule has 1 aromatic heterocycles. The number of para-hydroxylation sites is 1. The first-order chi connectivity index (χ1) is 7.65. The summed E-state index contributed by atoms with van der Waals surface area (Å²) in [7, 11) is 3.27. The van der Waals surface area contributed by atoms with E-state index in [1.807, 2.05) is 42.1 Å². The number of nitrogens with two attached hydrogens (primary N) is 1. The van der Waals surface area contributed by atoms with E-state index in [9.17, 15) is 4.79 Å². The molecule has 2 rings (SSSR count). The van der Waals surface area contributed by atoms with Crippen molar-refractivity contribution in [3.8, 4) is 0 Å². The number of hydrogen-bond donors (Lipinski definition) is 1. The Balaban J connectivity index is 2.57. The quantitative estimate of drug-likeness (QED) is 0.774. The molecule has 0 saturated carbocycles. The number of carbonyl (C=O) groups excluding carboxylic acids is 1. The molecule has 0 aliphatic carbocycles. The zero-order valence-corrected chi connectivity index (χ0v) is 9.31. The molecule has 1 aromatic carbocycles. The SMILES string of the molecule is COC(=O)[C@H](N)c1cn(C)c2ccccc12. The molecule has 0 unspecified atom stereocenters. The summed E-state index contributed by atoms with van der Waals surface area (Å²) in [5, 5.41) is 0.989. The summed E-state index contributed by atoms with van der Waals surface area (Å²) < 4.78 is 6.60. The molecule has 2 aromatic rings. The molecule has 0 aliphatic heterocycles. The third-order valence-corrected chi connectivity index (χ3v) is 2.72. The molecular formula is C12H14N2O2. The van der Waals surface area contributed by atoms with Gasteiger partial charge in [0, 0.05) is 29.7 Å². The maximum atomic E-state index is 11.4. The van der Waals surface area contributed by atoms with Crippen molar-refractivity contribution in [1.82, 2.24) is 4.57 Å². The fourth-order valence-corrected chi connectivity index (χ4v) is 1.87. The molecule has 2 N–H and O–H groups in total. The van der Waals surface area contributed by atoms with Crippen molar-refractivity contribution in [2.24, 2.45) is 12.8 Å². The van der Waals surface area contributed by atoms with Gasteiger partial charge in [0.05, 0.1) is 7.11 Å². The zero-order valence-electron chi connectivity index (χ0n) is 9.31. The van der Waals surface area contributed by atoms with Crippen LogP contribution in [0.15, 0.2) is 30.5 Å². The van der Waals surface area contributed by atoms with Crippen molar-refractivity contribution in [3.63, 3.8) is 0 Å². The lowest BCUT2D eigenvalue weighted by Gasteiger charge is -2.07. The van der Waals surface area contributed by atoms with Crippen molar-refractivity contribution in [1.29, 1.82) is 0 Å². The van der Waals surface area contributed by atoms with Gasteiger partial charge in [-0.3, -0.25) is 4.79 Å². The largest absolute Gasteiger partial charge is 0.468 e. The Morgan fingerprint density at radius 1 is 1.44 bits per heavy atom. The molecule has 1 atom stereocenters. The van der Waals surface area contributed by atoms with Crippen LogP contribution in [-0.2, 0) is 16.6 Å². The molecule has 4 heteroatoms. The predicted molar refractivity (Wildman–Crippen MR) is 61.9 cm³/mol.